The van der Waals surface area contributed by atoms with Gasteiger partial charge in [0.1, 0.15) is 5.75 Å². The monoisotopic (exact) mass is 250 g/mol. The summed E-state index contributed by atoms with van der Waals surface area (Å²) < 4.78 is 0. The van der Waals surface area contributed by atoms with Gasteiger partial charge in [0.25, 0.3) is 5.69 Å². The van der Waals surface area contributed by atoms with Crippen LogP contribution in [-0.2, 0) is 0 Å². The van der Waals surface area contributed by atoms with E-state index >= 15 is 0 Å². The fourth-order valence-corrected chi connectivity index (χ4v) is 2.27. The Morgan fingerprint density at radius 1 is 1.41 bits per heavy atom. The highest BCUT2D eigenvalue weighted by atomic mass is 32.1. The van der Waals surface area contributed by atoms with E-state index in [1.54, 1.807) is 0 Å². The van der Waals surface area contributed by atoms with E-state index in [1.807, 2.05) is 17.5 Å². The smallest absolute Gasteiger partial charge is 0.270 e. The number of phenols is 1. The second-order valence-electron chi connectivity index (χ2n) is 3.49. The van der Waals surface area contributed by atoms with Crippen LogP contribution in [0.5, 0.6) is 5.75 Å². The molecule has 0 aliphatic rings. The highest BCUT2D eigenvalue weighted by Crippen LogP contribution is 2.32. The maximum absolute atomic E-state index is 10.7. The molecule has 0 spiro atoms. The lowest BCUT2D eigenvalue weighted by Crippen LogP contribution is -2.10. The first kappa shape index (κ1) is 11.6. The van der Waals surface area contributed by atoms with Gasteiger partial charge in [-0.1, -0.05) is 6.07 Å². The van der Waals surface area contributed by atoms with Gasteiger partial charge in [0.05, 0.1) is 11.0 Å². The second kappa shape index (κ2) is 4.52. The maximum Gasteiger partial charge on any atom is 0.270 e. The average molecular weight is 250 g/mol. The third kappa shape index (κ3) is 2.27. The molecule has 0 radical (unpaired) electrons. The van der Waals surface area contributed by atoms with Crippen LogP contribution < -0.4 is 5.73 Å². The lowest BCUT2D eigenvalue weighted by molar-refractivity contribution is -0.384. The van der Waals surface area contributed by atoms with Crippen molar-refractivity contribution < 1.29 is 10.0 Å². The maximum atomic E-state index is 10.7. The number of benzene rings is 1. The molecule has 0 bridgehead atoms. The van der Waals surface area contributed by atoms with Gasteiger partial charge in [0.15, 0.2) is 0 Å². The molecule has 2 rings (SSSR count). The van der Waals surface area contributed by atoms with Crippen molar-refractivity contribution in [3.05, 3.63) is 56.3 Å². The first-order chi connectivity index (χ1) is 8.09. The molecule has 1 aromatic heterocycles. The van der Waals surface area contributed by atoms with Gasteiger partial charge in [-0.25, -0.2) is 0 Å². The molecule has 0 aliphatic heterocycles. The molecule has 6 heteroatoms. The minimum atomic E-state index is -0.546. The molecule has 0 saturated carbocycles. The van der Waals surface area contributed by atoms with Crippen LogP contribution in [0.3, 0.4) is 0 Å². The summed E-state index contributed by atoms with van der Waals surface area (Å²) in [5.41, 5.74) is 6.24. The van der Waals surface area contributed by atoms with Crippen molar-refractivity contribution in [2.45, 2.75) is 6.04 Å². The van der Waals surface area contributed by atoms with Gasteiger partial charge in [0.2, 0.25) is 0 Å². The molecule has 5 nitrogen and oxygen atoms in total. The summed E-state index contributed by atoms with van der Waals surface area (Å²) in [7, 11) is 0. The molecule has 1 heterocycles. The largest absolute Gasteiger partial charge is 0.508 e. The number of nitro groups is 1. The molecule has 1 aromatic carbocycles. The first-order valence-corrected chi connectivity index (χ1v) is 5.74. The van der Waals surface area contributed by atoms with E-state index < -0.39 is 11.0 Å². The SMILES string of the molecule is N[C@@H](c1cccs1)c1cc([N+](=O)[O-])ccc1O. The van der Waals surface area contributed by atoms with Crippen molar-refractivity contribution in [2.24, 2.45) is 5.73 Å². The van der Waals surface area contributed by atoms with Crippen molar-refractivity contribution in [1.82, 2.24) is 0 Å². The van der Waals surface area contributed by atoms with Crippen molar-refractivity contribution in [2.75, 3.05) is 0 Å². The number of nitro benzene ring substituents is 1. The van der Waals surface area contributed by atoms with E-state index in [9.17, 15) is 15.2 Å². The van der Waals surface area contributed by atoms with E-state index in [-0.39, 0.29) is 11.4 Å². The zero-order chi connectivity index (χ0) is 12.4. The van der Waals surface area contributed by atoms with Crippen LogP contribution in [0.15, 0.2) is 35.7 Å². The van der Waals surface area contributed by atoms with Gasteiger partial charge in [-0.3, -0.25) is 10.1 Å². The minimum Gasteiger partial charge on any atom is -0.508 e. The summed E-state index contributed by atoms with van der Waals surface area (Å²) in [5, 5.41) is 22.2. The molecule has 1 atom stereocenters. The highest BCUT2D eigenvalue weighted by molar-refractivity contribution is 7.10. The standard InChI is InChI=1S/C11H10N2O3S/c12-11(10-2-1-5-17-10)8-6-7(13(15)16)3-4-9(8)14/h1-6,11,14H,12H2/t11-/m1/s1. The molecule has 3 N–H and O–H groups in total. The number of phenolic OH excluding ortho intramolecular Hbond substituents is 1. The molecule has 0 fully saturated rings. The molecule has 88 valence electrons. The predicted octanol–water partition coefficient (Wildman–Crippen LogP) is 2.41. The Labute approximate surface area is 101 Å². The van der Waals surface area contributed by atoms with E-state index in [1.165, 1.54) is 29.5 Å². The van der Waals surface area contributed by atoms with Crippen LogP contribution in [0.2, 0.25) is 0 Å². The molecule has 17 heavy (non-hydrogen) atoms. The van der Waals surface area contributed by atoms with Gasteiger partial charge in [-0.15, -0.1) is 11.3 Å². The third-order valence-corrected chi connectivity index (χ3v) is 3.36. The normalized spacial score (nSPS) is 12.3. The number of thiophene rings is 1. The second-order valence-corrected chi connectivity index (χ2v) is 4.47. The number of rotatable bonds is 3. The Hall–Kier alpha value is -1.92. The minimum absolute atomic E-state index is 0.0310. The van der Waals surface area contributed by atoms with E-state index in [0.717, 1.165) is 4.88 Å². The molecule has 0 amide bonds. The van der Waals surface area contributed by atoms with Crippen LogP contribution >= 0.6 is 11.3 Å². The predicted molar refractivity (Wildman–Crippen MR) is 65.1 cm³/mol. The van der Waals surface area contributed by atoms with Gasteiger partial charge in [-0.05, 0) is 17.5 Å². The molecule has 0 saturated heterocycles. The van der Waals surface area contributed by atoms with Gasteiger partial charge < -0.3 is 10.8 Å². The van der Waals surface area contributed by atoms with Crippen LogP contribution in [0.4, 0.5) is 5.69 Å². The van der Waals surface area contributed by atoms with Crippen molar-refractivity contribution in [3.8, 4) is 5.75 Å². The summed E-state index contributed by atoms with van der Waals surface area (Å²) in [4.78, 5) is 11.0. The third-order valence-electron chi connectivity index (χ3n) is 2.41. The number of aromatic hydroxyl groups is 1. The lowest BCUT2D eigenvalue weighted by atomic mass is 10.0. The molecular weight excluding hydrogens is 240 g/mol. The van der Waals surface area contributed by atoms with Gasteiger partial charge in [0, 0.05) is 22.6 Å². The summed E-state index contributed by atoms with van der Waals surface area (Å²) >= 11 is 1.44. The number of non-ortho nitro benzene ring substituents is 1. The molecule has 2 aromatic rings. The van der Waals surface area contributed by atoms with Crippen LogP contribution in [0, 0.1) is 10.1 Å². The molecular formula is C11H10N2O3S. The lowest BCUT2D eigenvalue weighted by Gasteiger charge is -2.11. The Bertz CT molecular complexity index is 540. The zero-order valence-electron chi connectivity index (χ0n) is 8.74. The molecule has 0 aliphatic carbocycles. The zero-order valence-corrected chi connectivity index (χ0v) is 9.55. The van der Waals surface area contributed by atoms with E-state index in [4.69, 9.17) is 5.73 Å². The Morgan fingerprint density at radius 3 is 2.76 bits per heavy atom. The summed E-state index contributed by atoms with van der Waals surface area (Å²) in [6.07, 6.45) is 0. The van der Waals surface area contributed by atoms with Crippen LogP contribution in [0.1, 0.15) is 16.5 Å². The van der Waals surface area contributed by atoms with Crippen molar-refractivity contribution >= 4 is 17.0 Å². The number of hydrogen-bond donors (Lipinski definition) is 2. The Balaban J connectivity index is 2.44. The fourth-order valence-electron chi connectivity index (χ4n) is 1.53. The topological polar surface area (TPSA) is 89.4 Å². The van der Waals surface area contributed by atoms with E-state index in [0.29, 0.717) is 5.56 Å². The quantitative estimate of drug-likeness (QED) is 0.646. The Morgan fingerprint density at radius 2 is 2.18 bits per heavy atom. The van der Waals surface area contributed by atoms with Gasteiger partial charge >= 0.3 is 0 Å². The van der Waals surface area contributed by atoms with Gasteiger partial charge in [-0.2, -0.15) is 0 Å². The highest BCUT2D eigenvalue weighted by Gasteiger charge is 2.17. The van der Waals surface area contributed by atoms with Crippen molar-refractivity contribution in [3.63, 3.8) is 0 Å². The first-order valence-electron chi connectivity index (χ1n) is 4.86. The van der Waals surface area contributed by atoms with Crippen molar-refractivity contribution in [1.29, 1.82) is 0 Å². The summed E-state index contributed by atoms with van der Waals surface area (Å²) in [6, 6.07) is 6.97. The number of hydrogen-bond acceptors (Lipinski definition) is 5. The fraction of sp³-hybridized carbons (Fsp3) is 0.0909. The summed E-state index contributed by atoms with van der Waals surface area (Å²) in [5.74, 6) is -0.0310. The van der Waals surface area contributed by atoms with E-state index in [2.05, 4.69) is 0 Å². The number of nitrogens with two attached hydrogens (primary N) is 1. The van der Waals surface area contributed by atoms with Crippen LogP contribution in [0.25, 0.3) is 0 Å². The van der Waals surface area contributed by atoms with Crippen LogP contribution in [-0.4, -0.2) is 10.0 Å². The average Bonchev–Trinajstić information content (AvgIpc) is 2.81. The Kier molecular flexibility index (Phi) is 3.08. The summed E-state index contributed by atoms with van der Waals surface area (Å²) in [6.45, 7) is 0. The molecule has 0 unspecified atom stereocenters. The number of nitrogens with zero attached hydrogens (tertiary/aromatic N) is 1.